The molecule has 0 aliphatic rings. The van der Waals surface area contributed by atoms with Crippen LogP contribution in [-0.2, 0) is 11.2 Å². The first-order chi connectivity index (χ1) is 16.5. The molecule has 1 aromatic heterocycles. The van der Waals surface area contributed by atoms with Gasteiger partial charge in [0, 0.05) is 11.6 Å². The molecule has 4 rings (SSSR count). The van der Waals surface area contributed by atoms with Crippen molar-refractivity contribution in [3.63, 3.8) is 0 Å². The summed E-state index contributed by atoms with van der Waals surface area (Å²) in [5, 5.41) is 4.45. The molecular weight excluding hydrogens is 470 g/mol. The third-order valence-electron chi connectivity index (χ3n) is 5.45. The van der Waals surface area contributed by atoms with Crippen LogP contribution < -0.4 is 15.6 Å². The zero-order valence-corrected chi connectivity index (χ0v) is 20.4. The van der Waals surface area contributed by atoms with Gasteiger partial charge in [0.15, 0.2) is 5.16 Å². The van der Waals surface area contributed by atoms with Crippen LogP contribution in [-0.4, -0.2) is 34.9 Å². The van der Waals surface area contributed by atoms with Gasteiger partial charge in [0.05, 0.1) is 29.5 Å². The molecule has 8 heteroatoms. The third kappa shape index (κ3) is 5.26. The fourth-order valence-electron chi connectivity index (χ4n) is 3.58. The van der Waals surface area contributed by atoms with Crippen LogP contribution in [0.15, 0.2) is 76.7 Å². The largest absolute Gasteiger partial charge is 0.497 e. The molecule has 0 unspecified atom stereocenters. The lowest BCUT2D eigenvalue weighted by atomic mass is 10.1. The van der Waals surface area contributed by atoms with Crippen LogP contribution in [0.2, 0.25) is 5.02 Å². The van der Waals surface area contributed by atoms with E-state index in [4.69, 9.17) is 21.3 Å². The van der Waals surface area contributed by atoms with Crippen molar-refractivity contribution in [3.05, 3.63) is 93.2 Å². The lowest BCUT2D eigenvalue weighted by molar-refractivity contribution is -0.118. The second-order valence-electron chi connectivity index (χ2n) is 7.67. The van der Waals surface area contributed by atoms with E-state index in [9.17, 15) is 9.59 Å². The molecule has 0 aliphatic carbocycles. The number of hydrogen-bond donors (Lipinski definition) is 1. The third-order valence-corrected chi connectivity index (χ3v) is 6.80. The Morgan fingerprint density at radius 2 is 1.85 bits per heavy atom. The van der Waals surface area contributed by atoms with Crippen LogP contribution in [0.3, 0.4) is 0 Å². The van der Waals surface area contributed by atoms with Gasteiger partial charge in [-0.3, -0.25) is 14.2 Å². The van der Waals surface area contributed by atoms with E-state index in [2.05, 4.69) is 5.32 Å². The molecule has 6 nitrogen and oxygen atoms in total. The summed E-state index contributed by atoms with van der Waals surface area (Å²) in [4.78, 5) is 30.6. The summed E-state index contributed by atoms with van der Waals surface area (Å²) in [5.41, 5.74) is 2.92. The number of carbonyl (C=O) groups excluding carboxylic acids is 1. The molecule has 4 aromatic rings. The Kier molecular flexibility index (Phi) is 7.55. The minimum Gasteiger partial charge on any atom is -0.497 e. The molecule has 0 fully saturated rings. The van der Waals surface area contributed by atoms with E-state index in [0.29, 0.717) is 39.7 Å². The van der Waals surface area contributed by atoms with E-state index < -0.39 is 0 Å². The Labute approximate surface area is 206 Å². The number of halogens is 1. The average molecular weight is 494 g/mol. The zero-order valence-electron chi connectivity index (χ0n) is 18.9. The normalized spacial score (nSPS) is 10.9. The number of thioether (sulfide) groups is 1. The number of nitrogens with one attached hydrogen (secondary N) is 1. The average Bonchev–Trinajstić information content (AvgIpc) is 2.85. The number of methoxy groups -OCH3 is 1. The van der Waals surface area contributed by atoms with Crippen LogP contribution in [0.4, 0.5) is 0 Å². The number of ether oxygens (including phenoxy) is 1. The van der Waals surface area contributed by atoms with Crippen molar-refractivity contribution >= 4 is 40.2 Å². The maximum Gasteiger partial charge on any atom is 0.266 e. The molecule has 0 aliphatic heterocycles. The molecular formula is C26H24ClN3O3S. The van der Waals surface area contributed by atoms with E-state index in [1.165, 1.54) is 11.8 Å². The number of fused-ring (bicyclic) bond motifs is 1. The second-order valence-corrected chi connectivity index (χ2v) is 9.02. The smallest absolute Gasteiger partial charge is 0.266 e. The van der Waals surface area contributed by atoms with Crippen LogP contribution in [0.25, 0.3) is 16.6 Å². The van der Waals surface area contributed by atoms with E-state index in [0.717, 1.165) is 16.9 Å². The number of nitrogens with zero attached hydrogens (tertiary/aromatic N) is 2. The molecule has 34 heavy (non-hydrogen) atoms. The molecule has 0 atom stereocenters. The van der Waals surface area contributed by atoms with Crippen LogP contribution in [0.1, 0.15) is 11.1 Å². The van der Waals surface area contributed by atoms with Crippen LogP contribution in [0, 0.1) is 6.92 Å². The summed E-state index contributed by atoms with van der Waals surface area (Å²) < 4.78 is 6.71. The van der Waals surface area contributed by atoms with Crippen molar-refractivity contribution in [1.29, 1.82) is 0 Å². The number of hydrogen-bond acceptors (Lipinski definition) is 5. The molecule has 1 amide bonds. The molecule has 0 bridgehead atoms. The highest BCUT2D eigenvalue weighted by molar-refractivity contribution is 7.99. The van der Waals surface area contributed by atoms with Gasteiger partial charge in [-0.1, -0.05) is 53.7 Å². The fourth-order valence-corrected chi connectivity index (χ4v) is 4.58. The number of aromatic nitrogens is 2. The van der Waals surface area contributed by atoms with Gasteiger partial charge in [-0.05, 0) is 60.9 Å². The van der Waals surface area contributed by atoms with Gasteiger partial charge in [-0.2, -0.15) is 0 Å². The quantitative estimate of drug-likeness (QED) is 0.282. The first-order valence-electron chi connectivity index (χ1n) is 10.8. The maximum atomic E-state index is 13.4. The van der Waals surface area contributed by atoms with E-state index in [1.54, 1.807) is 35.9 Å². The Hall–Kier alpha value is -3.29. The van der Waals surface area contributed by atoms with Gasteiger partial charge in [0.2, 0.25) is 5.91 Å². The monoisotopic (exact) mass is 493 g/mol. The molecule has 1 N–H and O–H groups in total. The standard InChI is InChI=1S/C26H24ClN3O3S/c1-17-21(27)7-5-9-23(17)30-25(32)20-6-3-4-8-22(20)29-26(30)34-16-24(31)28-15-14-18-10-12-19(33-2)13-11-18/h3-13H,14-16H2,1-2H3,(H,28,31). The van der Waals surface area contributed by atoms with Gasteiger partial charge < -0.3 is 10.1 Å². The Morgan fingerprint density at radius 3 is 2.62 bits per heavy atom. The van der Waals surface area contributed by atoms with Crippen molar-refractivity contribution in [2.45, 2.75) is 18.5 Å². The summed E-state index contributed by atoms with van der Waals surface area (Å²) >= 11 is 7.55. The molecule has 3 aromatic carbocycles. The van der Waals surface area contributed by atoms with Gasteiger partial charge in [-0.25, -0.2) is 4.98 Å². The molecule has 0 saturated heterocycles. The van der Waals surface area contributed by atoms with Crippen LogP contribution >= 0.6 is 23.4 Å². The summed E-state index contributed by atoms with van der Waals surface area (Å²) in [5.74, 6) is 0.802. The van der Waals surface area contributed by atoms with Gasteiger partial charge >= 0.3 is 0 Å². The molecule has 174 valence electrons. The van der Waals surface area contributed by atoms with Gasteiger partial charge in [0.1, 0.15) is 5.75 Å². The van der Waals surface area contributed by atoms with Gasteiger partial charge in [-0.15, -0.1) is 0 Å². The SMILES string of the molecule is COc1ccc(CCNC(=O)CSc2nc3ccccc3c(=O)n2-c2cccc(Cl)c2C)cc1. The molecule has 1 heterocycles. The number of carbonyl (C=O) groups is 1. The Balaban J connectivity index is 1.52. The summed E-state index contributed by atoms with van der Waals surface area (Å²) in [6.07, 6.45) is 0.709. The first kappa shape index (κ1) is 23.9. The highest BCUT2D eigenvalue weighted by Gasteiger charge is 2.17. The lowest BCUT2D eigenvalue weighted by Gasteiger charge is -2.15. The summed E-state index contributed by atoms with van der Waals surface area (Å²) in [6, 6.07) is 20.4. The van der Waals surface area contributed by atoms with Gasteiger partial charge in [0.25, 0.3) is 5.56 Å². The molecule has 0 radical (unpaired) electrons. The van der Waals surface area contributed by atoms with Crippen molar-refractivity contribution in [2.75, 3.05) is 19.4 Å². The van der Waals surface area contributed by atoms with Crippen molar-refractivity contribution < 1.29 is 9.53 Å². The Morgan fingerprint density at radius 1 is 1.09 bits per heavy atom. The topological polar surface area (TPSA) is 73.2 Å². The highest BCUT2D eigenvalue weighted by atomic mass is 35.5. The zero-order chi connectivity index (χ0) is 24.1. The lowest BCUT2D eigenvalue weighted by Crippen LogP contribution is -2.28. The summed E-state index contributed by atoms with van der Waals surface area (Å²) in [6.45, 7) is 2.37. The predicted octanol–water partition coefficient (Wildman–Crippen LogP) is 4.81. The first-order valence-corrected chi connectivity index (χ1v) is 12.1. The van der Waals surface area contributed by atoms with E-state index in [-0.39, 0.29) is 17.2 Å². The number of rotatable bonds is 8. The maximum absolute atomic E-state index is 13.4. The molecule has 0 saturated carbocycles. The minimum atomic E-state index is -0.196. The predicted molar refractivity (Wildman–Crippen MR) is 138 cm³/mol. The van der Waals surface area contributed by atoms with Crippen LogP contribution in [0.5, 0.6) is 5.75 Å². The number of amides is 1. The molecule has 0 spiro atoms. The van der Waals surface area contributed by atoms with Crippen molar-refractivity contribution in [3.8, 4) is 11.4 Å². The van der Waals surface area contributed by atoms with E-state index in [1.807, 2.05) is 49.4 Å². The highest BCUT2D eigenvalue weighted by Crippen LogP contribution is 2.26. The second kappa shape index (κ2) is 10.8. The summed E-state index contributed by atoms with van der Waals surface area (Å²) in [7, 11) is 1.63. The number of benzene rings is 3. The Bertz CT molecular complexity index is 1390. The fraction of sp³-hybridized carbons (Fsp3) is 0.192. The van der Waals surface area contributed by atoms with E-state index >= 15 is 0 Å². The van der Waals surface area contributed by atoms with Crippen molar-refractivity contribution in [2.24, 2.45) is 0 Å². The minimum absolute atomic E-state index is 0.129. The number of para-hydroxylation sites is 1. The van der Waals surface area contributed by atoms with Crippen molar-refractivity contribution in [1.82, 2.24) is 14.9 Å².